The SMILES string of the molecule is CCOC(=O)c1nc2ccccc2nc1Nc1ccc(F)cc1. The molecule has 0 saturated heterocycles. The lowest BCUT2D eigenvalue weighted by molar-refractivity contribution is 0.0521. The molecule has 0 aliphatic carbocycles. The number of carbonyl (C=O) groups excluding carboxylic acids is 1. The Morgan fingerprint density at radius 1 is 1.09 bits per heavy atom. The van der Waals surface area contributed by atoms with Crippen LogP contribution in [0.5, 0.6) is 0 Å². The van der Waals surface area contributed by atoms with Gasteiger partial charge in [-0.05, 0) is 43.3 Å². The number of ether oxygens (including phenoxy) is 1. The van der Waals surface area contributed by atoms with E-state index in [0.29, 0.717) is 16.7 Å². The third kappa shape index (κ3) is 3.26. The Hall–Kier alpha value is -3.02. The number of fused-ring (bicyclic) bond motifs is 1. The van der Waals surface area contributed by atoms with Crippen LogP contribution in [-0.4, -0.2) is 22.5 Å². The molecule has 23 heavy (non-hydrogen) atoms. The minimum Gasteiger partial charge on any atom is -0.461 e. The van der Waals surface area contributed by atoms with E-state index in [0.717, 1.165) is 0 Å². The topological polar surface area (TPSA) is 64.1 Å². The Balaban J connectivity index is 2.06. The molecule has 1 N–H and O–H groups in total. The fraction of sp³-hybridized carbons (Fsp3) is 0.118. The first-order valence-corrected chi connectivity index (χ1v) is 7.14. The summed E-state index contributed by atoms with van der Waals surface area (Å²) in [4.78, 5) is 20.9. The zero-order valence-corrected chi connectivity index (χ0v) is 12.4. The van der Waals surface area contributed by atoms with Gasteiger partial charge in [-0.1, -0.05) is 12.1 Å². The van der Waals surface area contributed by atoms with Gasteiger partial charge in [-0.2, -0.15) is 0 Å². The Kier molecular flexibility index (Phi) is 4.14. The van der Waals surface area contributed by atoms with E-state index in [1.165, 1.54) is 12.1 Å². The highest BCUT2D eigenvalue weighted by molar-refractivity contribution is 5.96. The van der Waals surface area contributed by atoms with Crippen molar-refractivity contribution in [3.63, 3.8) is 0 Å². The fourth-order valence-electron chi connectivity index (χ4n) is 2.10. The Bertz CT molecular complexity index is 850. The summed E-state index contributed by atoms with van der Waals surface area (Å²) >= 11 is 0. The number of rotatable bonds is 4. The summed E-state index contributed by atoms with van der Waals surface area (Å²) in [5.41, 5.74) is 1.93. The molecule has 0 spiro atoms. The van der Waals surface area contributed by atoms with Crippen LogP contribution >= 0.6 is 0 Å². The summed E-state index contributed by atoms with van der Waals surface area (Å²) in [5, 5.41) is 2.99. The highest BCUT2D eigenvalue weighted by Gasteiger charge is 2.17. The predicted octanol–water partition coefficient (Wildman–Crippen LogP) is 3.69. The molecule has 0 amide bonds. The van der Waals surface area contributed by atoms with Crippen LogP contribution in [0.15, 0.2) is 48.5 Å². The van der Waals surface area contributed by atoms with Gasteiger partial charge in [0, 0.05) is 5.69 Å². The average Bonchev–Trinajstić information content (AvgIpc) is 2.56. The maximum Gasteiger partial charge on any atom is 0.360 e. The molecule has 0 aliphatic rings. The van der Waals surface area contributed by atoms with Crippen LogP contribution in [0.25, 0.3) is 11.0 Å². The summed E-state index contributed by atoms with van der Waals surface area (Å²) in [6.45, 7) is 1.96. The number of anilines is 2. The average molecular weight is 311 g/mol. The fourth-order valence-corrected chi connectivity index (χ4v) is 2.10. The van der Waals surface area contributed by atoms with Gasteiger partial charge in [0.25, 0.3) is 0 Å². The molecule has 0 fully saturated rings. The molecule has 3 rings (SSSR count). The monoisotopic (exact) mass is 311 g/mol. The molecule has 0 atom stereocenters. The predicted molar refractivity (Wildman–Crippen MR) is 85.2 cm³/mol. The molecule has 1 aromatic heterocycles. The molecule has 0 radical (unpaired) electrons. The van der Waals surface area contributed by atoms with Gasteiger partial charge >= 0.3 is 5.97 Å². The van der Waals surface area contributed by atoms with Gasteiger partial charge < -0.3 is 10.1 Å². The standard InChI is InChI=1S/C17H14FN3O2/c1-2-23-17(22)15-16(19-12-9-7-11(18)8-10-12)21-14-6-4-3-5-13(14)20-15/h3-10H,2H2,1H3,(H,19,21). The zero-order chi connectivity index (χ0) is 16.2. The number of carbonyl (C=O) groups is 1. The number of esters is 1. The van der Waals surface area contributed by atoms with Crippen LogP contribution in [0.1, 0.15) is 17.4 Å². The molecule has 2 aromatic carbocycles. The summed E-state index contributed by atoms with van der Waals surface area (Å²) in [5.74, 6) is -0.630. The van der Waals surface area contributed by atoms with Crippen molar-refractivity contribution in [3.05, 3.63) is 60.0 Å². The van der Waals surface area contributed by atoms with E-state index in [-0.39, 0.29) is 23.9 Å². The van der Waals surface area contributed by atoms with E-state index >= 15 is 0 Å². The lowest BCUT2D eigenvalue weighted by atomic mass is 10.2. The van der Waals surface area contributed by atoms with Crippen molar-refractivity contribution in [2.45, 2.75) is 6.92 Å². The van der Waals surface area contributed by atoms with Crippen molar-refractivity contribution in [2.75, 3.05) is 11.9 Å². The highest BCUT2D eigenvalue weighted by atomic mass is 19.1. The first-order valence-electron chi connectivity index (χ1n) is 7.14. The molecular formula is C17H14FN3O2. The second-order valence-corrected chi connectivity index (χ2v) is 4.76. The van der Waals surface area contributed by atoms with Gasteiger partial charge in [0.2, 0.25) is 0 Å². The van der Waals surface area contributed by atoms with Gasteiger partial charge in [-0.15, -0.1) is 0 Å². The van der Waals surface area contributed by atoms with Crippen molar-refractivity contribution >= 4 is 28.5 Å². The number of hydrogen-bond donors (Lipinski definition) is 1. The molecule has 6 heteroatoms. The smallest absolute Gasteiger partial charge is 0.360 e. The van der Waals surface area contributed by atoms with Crippen molar-refractivity contribution in [1.82, 2.24) is 9.97 Å². The number of benzene rings is 2. The number of aromatic nitrogens is 2. The minimum absolute atomic E-state index is 0.0925. The summed E-state index contributed by atoms with van der Waals surface area (Å²) < 4.78 is 18.0. The number of nitrogens with zero attached hydrogens (tertiary/aromatic N) is 2. The van der Waals surface area contributed by atoms with Crippen LogP contribution in [0, 0.1) is 5.82 Å². The summed E-state index contributed by atoms with van der Waals surface area (Å²) in [6.07, 6.45) is 0. The molecule has 1 heterocycles. The largest absolute Gasteiger partial charge is 0.461 e. The van der Waals surface area contributed by atoms with Gasteiger partial charge in [0.1, 0.15) is 5.82 Å². The maximum absolute atomic E-state index is 13.0. The molecule has 116 valence electrons. The van der Waals surface area contributed by atoms with Gasteiger partial charge in [-0.25, -0.2) is 19.2 Å². The molecule has 5 nitrogen and oxygen atoms in total. The Morgan fingerprint density at radius 2 is 1.74 bits per heavy atom. The van der Waals surface area contributed by atoms with Crippen molar-refractivity contribution in [2.24, 2.45) is 0 Å². The molecule has 0 saturated carbocycles. The summed E-state index contributed by atoms with van der Waals surface area (Å²) in [7, 11) is 0. The molecule has 0 bridgehead atoms. The minimum atomic E-state index is -0.560. The third-order valence-corrected chi connectivity index (χ3v) is 3.15. The van der Waals surface area contributed by atoms with Crippen molar-refractivity contribution < 1.29 is 13.9 Å². The molecule has 3 aromatic rings. The van der Waals surface area contributed by atoms with Crippen LogP contribution < -0.4 is 5.32 Å². The van der Waals surface area contributed by atoms with Crippen molar-refractivity contribution in [1.29, 1.82) is 0 Å². The Morgan fingerprint density at radius 3 is 2.39 bits per heavy atom. The van der Waals surface area contributed by atoms with Gasteiger partial charge in [-0.3, -0.25) is 0 Å². The second-order valence-electron chi connectivity index (χ2n) is 4.76. The molecular weight excluding hydrogens is 297 g/mol. The van der Waals surface area contributed by atoms with Gasteiger partial charge in [0.15, 0.2) is 11.5 Å². The molecule has 0 aliphatic heterocycles. The number of hydrogen-bond acceptors (Lipinski definition) is 5. The van der Waals surface area contributed by atoms with Crippen LogP contribution in [0.3, 0.4) is 0 Å². The first-order chi connectivity index (χ1) is 11.2. The highest BCUT2D eigenvalue weighted by Crippen LogP contribution is 2.22. The Labute approximate surface area is 132 Å². The van der Waals surface area contributed by atoms with E-state index < -0.39 is 5.97 Å². The van der Waals surface area contributed by atoms with E-state index in [1.807, 2.05) is 12.1 Å². The normalized spacial score (nSPS) is 10.5. The van der Waals surface area contributed by atoms with E-state index in [9.17, 15) is 9.18 Å². The second kappa shape index (κ2) is 6.39. The van der Waals surface area contributed by atoms with Gasteiger partial charge in [0.05, 0.1) is 17.6 Å². The van der Waals surface area contributed by atoms with E-state index in [1.54, 1.807) is 31.2 Å². The van der Waals surface area contributed by atoms with Crippen LogP contribution in [0.2, 0.25) is 0 Å². The van der Waals surface area contributed by atoms with E-state index in [4.69, 9.17) is 4.74 Å². The third-order valence-electron chi connectivity index (χ3n) is 3.15. The quantitative estimate of drug-likeness (QED) is 0.744. The van der Waals surface area contributed by atoms with Crippen LogP contribution in [-0.2, 0) is 4.74 Å². The zero-order valence-electron chi connectivity index (χ0n) is 12.4. The van der Waals surface area contributed by atoms with Crippen molar-refractivity contribution in [3.8, 4) is 0 Å². The van der Waals surface area contributed by atoms with E-state index in [2.05, 4.69) is 15.3 Å². The van der Waals surface area contributed by atoms with Crippen LogP contribution in [0.4, 0.5) is 15.9 Å². The maximum atomic E-state index is 13.0. The number of halogens is 1. The number of nitrogens with one attached hydrogen (secondary N) is 1. The molecule has 0 unspecified atom stereocenters. The lowest BCUT2D eigenvalue weighted by Crippen LogP contribution is -2.12. The number of para-hydroxylation sites is 2. The summed E-state index contributed by atoms with van der Waals surface area (Å²) in [6, 6.07) is 13.0. The first kappa shape index (κ1) is 14.9. The lowest BCUT2D eigenvalue weighted by Gasteiger charge is -2.11.